The number of halogens is 4. The Morgan fingerprint density at radius 3 is 2.28 bits per heavy atom. The van der Waals surface area contributed by atoms with Crippen molar-refractivity contribution in [2.24, 2.45) is 7.05 Å². The molecular weight excluding hydrogens is 247 g/mol. The molecule has 1 aromatic rings. The van der Waals surface area contributed by atoms with Crippen LogP contribution in [-0.2, 0) is 7.05 Å². The van der Waals surface area contributed by atoms with Gasteiger partial charge in [-0.05, 0) is 18.9 Å². The lowest BCUT2D eigenvalue weighted by molar-refractivity contribution is -0.670. The lowest BCUT2D eigenvalue weighted by Crippen LogP contribution is -2.23. The maximum Gasteiger partial charge on any atom is 0.673 e. The van der Waals surface area contributed by atoms with Crippen molar-refractivity contribution in [1.29, 1.82) is 0 Å². The summed E-state index contributed by atoms with van der Waals surface area (Å²) in [5, 5.41) is 0. The highest BCUT2D eigenvalue weighted by molar-refractivity contribution is 6.50. The van der Waals surface area contributed by atoms with Gasteiger partial charge in [0.1, 0.15) is 12.4 Å². The molecule has 0 saturated heterocycles. The van der Waals surface area contributed by atoms with Gasteiger partial charge in [0.25, 0.3) is 0 Å². The maximum absolute atomic E-state index is 9.75. The summed E-state index contributed by atoms with van der Waals surface area (Å²) in [5.41, 5.74) is 0. The summed E-state index contributed by atoms with van der Waals surface area (Å²) in [6.07, 6.45) is 15.6. The molecule has 0 aliphatic carbocycles. The second kappa shape index (κ2) is 8.77. The number of hydrogen-bond acceptors (Lipinski definition) is 0. The summed E-state index contributed by atoms with van der Waals surface area (Å²) >= 11 is 0. The number of hydrogen-bond donors (Lipinski definition) is 0. The van der Waals surface area contributed by atoms with Crippen LogP contribution in [0.15, 0.2) is 24.8 Å². The molecule has 0 fully saturated rings. The Hall–Kier alpha value is -1.27. The van der Waals surface area contributed by atoms with Crippen molar-refractivity contribution in [1.82, 2.24) is 4.57 Å². The topological polar surface area (TPSA) is 8.81 Å². The Labute approximate surface area is 105 Å². The van der Waals surface area contributed by atoms with E-state index >= 15 is 0 Å². The standard InChI is InChI=1S/C11H19N2.BF4/c1-3-4-5-6-7-8-13-10-9-12(2)11-13;2-1(3,4)5/h7-11H,3-6H2,1-2H3;/q+1;-1. The zero-order chi connectivity index (χ0) is 14.0. The fraction of sp³-hybridized carbons (Fsp3) is 0.545. The predicted molar refractivity (Wildman–Crippen MR) is 65.3 cm³/mol. The van der Waals surface area contributed by atoms with Gasteiger partial charge in [-0.3, -0.25) is 0 Å². The molecule has 18 heavy (non-hydrogen) atoms. The minimum atomic E-state index is -6.00. The quantitative estimate of drug-likeness (QED) is 0.333. The molecule has 0 saturated carbocycles. The van der Waals surface area contributed by atoms with Gasteiger partial charge in [0.15, 0.2) is 0 Å². The zero-order valence-electron chi connectivity index (χ0n) is 10.7. The van der Waals surface area contributed by atoms with Crippen molar-refractivity contribution in [3.63, 3.8) is 0 Å². The summed E-state index contributed by atoms with van der Waals surface area (Å²) in [7, 11) is -3.97. The Morgan fingerprint density at radius 1 is 1.22 bits per heavy atom. The van der Waals surface area contributed by atoms with Crippen molar-refractivity contribution < 1.29 is 21.8 Å². The Bertz CT molecular complexity index is 341. The van der Waals surface area contributed by atoms with E-state index in [1.54, 1.807) is 0 Å². The van der Waals surface area contributed by atoms with Crippen LogP contribution in [0.2, 0.25) is 0 Å². The monoisotopic (exact) mass is 266 g/mol. The first-order chi connectivity index (χ1) is 8.33. The first kappa shape index (κ1) is 16.7. The van der Waals surface area contributed by atoms with Crippen LogP contribution in [0, 0.1) is 0 Å². The molecule has 0 radical (unpaired) electrons. The molecule has 0 spiro atoms. The van der Waals surface area contributed by atoms with Gasteiger partial charge in [0, 0.05) is 0 Å². The van der Waals surface area contributed by atoms with Gasteiger partial charge in [-0.1, -0.05) is 19.8 Å². The molecule has 0 amide bonds. The molecule has 0 aromatic carbocycles. The molecule has 0 aliphatic heterocycles. The molecule has 1 heterocycles. The van der Waals surface area contributed by atoms with Crippen molar-refractivity contribution in [2.75, 3.05) is 0 Å². The Balaban J connectivity index is 0.000000494. The number of rotatable bonds is 5. The lowest BCUT2D eigenvalue weighted by atomic mass is 10.2. The van der Waals surface area contributed by atoms with Crippen LogP contribution in [-0.4, -0.2) is 11.8 Å². The third-order valence-corrected chi connectivity index (χ3v) is 2.04. The van der Waals surface area contributed by atoms with E-state index in [2.05, 4.69) is 36.3 Å². The van der Waals surface area contributed by atoms with Crippen LogP contribution in [0.5, 0.6) is 0 Å². The minimum Gasteiger partial charge on any atom is -0.418 e. The van der Waals surface area contributed by atoms with Crippen LogP contribution in [0.4, 0.5) is 17.3 Å². The normalized spacial score (nSPS) is 11.4. The van der Waals surface area contributed by atoms with Crippen molar-refractivity contribution in [3.05, 3.63) is 24.8 Å². The second-order valence-electron chi connectivity index (χ2n) is 3.90. The smallest absolute Gasteiger partial charge is 0.418 e. The van der Waals surface area contributed by atoms with E-state index in [0.29, 0.717) is 0 Å². The second-order valence-corrected chi connectivity index (χ2v) is 3.90. The highest BCUT2D eigenvalue weighted by atomic mass is 19.5. The molecular formula is C11H19BF4N2. The number of allylic oxidation sites excluding steroid dienone is 1. The SMILES string of the molecule is CCCCCC=Cn1cc[n+](C)c1.F[B-](F)(F)F. The number of imidazole rings is 1. The van der Waals surface area contributed by atoms with E-state index in [-0.39, 0.29) is 0 Å². The molecule has 2 nitrogen and oxygen atoms in total. The van der Waals surface area contributed by atoms with Gasteiger partial charge in [0.05, 0.1) is 13.2 Å². The van der Waals surface area contributed by atoms with Crippen LogP contribution >= 0.6 is 0 Å². The number of aryl methyl sites for hydroxylation is 1. The highest BCUT2D eigenvalue weighted by Crippen LogP contribution is 2.06. The predicted octanol–water partition coefficient (Wildman–Crippen LogP) is 3.66. The fourth-order valence-corrected chi connectivity index (χ4v) is 1.27. The summed E-state index contributed by atoms with van der Waals surface area (Å²) in [5.74, 6) is 0. The third-order valence-electron chi connectivity index (χ3n) is 2.04. The molecule has 0 unspecified atom stereocenters. The van der Waals surface area contributed by atoms with Gasteiger partial charge in [-0.15, -0.1) is 0 Å². The van der Waals surface area contributed by atoms with E-state index in [1.807, 2.05) is 17.8 Å². The van der Waals surface area contributed by atoms with E-state index in [0.717, 1.165) is 0 Å². The molecule has 7 heteroatoms. The van der Waals surface area contributed by atoms with Gasteiger partial charge >= 0.3 is 7.25 Å². The van der Waals surface area contributed by atoms with E-state index in [4.69, 9.17) is 0 Å². The average Bonchev–Trinajstić information content (AvgIpc) is 2.61. The first-order valence-corrected chi connectivity index (χ1v) is 5.89. The largest absolute Gasteiger partial charge is 0.673 e. The number of aromatic nitrogens is 2. The van der Waals surface area contributed by atoms with Crippen molar-refractivity contribution >= 4 is 13.5 Å². The van der Waals surface area contributed by atoms with Gasteiger partial charge in [-0.25, -0.2) is 9.13 Å². The molecule has 0 N–H and O–H groups in total. The lowest BCUT2D eigenvalue weighted by Gasteiger charge is -1.94. The molecule has 0 aliphatic rings. The molecule has 1 rings (SSSR count). The van der Waals surface area contributed by atoms with Crippen LogP contribution in [0.1, 0.15) is 32.6 Å². The van der Waals surface area contributed by atoms with E-state index in [9.17, 15) is 17.3 Å². The van der Waals surface area contributed by atoms with Gasteiger partial charge in [0.2, 0.25) is 6.33 Å². The summed E-state index contributed by atoms with van der Waals surface area (Å²) in [6, 6.07) is 0. The summed E-state index contributed by atoms with van der Waals surface area (Å²) in [4.78, 5) is 0. The number of nitrogens with zero attached hydrogens (tertiary/aromatic N) is 2. The highest BCUT2D eigenvalue weighted by Gasteiger charge is 2.20. The molecule has 1 aromatic heterocycles. The van der Waals surface area contributed by atoms with Crippen molar-refractivity contribution in [2.45, 2.75) is 32.6 Å². The summed E-state index contributed by atoms with van der Waals surface area (Å²) in [6.45, 7) is 2.23. The third kappa shape index (κ3) is 12.8. The maximum atomic E-state index is 9.75. The Morgan fingerprint density at radius 2 is 1.83 bits per heavy atom. The zero-order valence-corrected chi connectivity index (χ0v) is 10.7. The fourth-order valence-electron chi connectivity index (χ4n) is 1.27. The van der Waals surface area contributed by atoms with Crippen molar-refractivity contribution in [3.8, 4) is 0 Å². The van der Waals surface area contributed by atoms with Crippen LogP contribution in [0.3, 0.4) is 0 Å². The van der Waals surface area contributed by atoms with Crippen LogP contribution in [0.25, 0.3) is 6.20 Å². The molecule has 104 valence electrons. The average molecular weight is 266 g/mol. The van der Waals surface area contributed by atoms with E-state index in [1.165, 1.54) is 25.7 Å². The van der Waals surface area contributed by atoms with E-state index < -0.39 is 7.25 Å². The minimum absolute atomic E-state index is 1.19. The first-order valence-electron chi connectivity index (χ1n) is 5.89. The van der Waals surface area contributed by atoms with Gasteiger partial charge < -0.3 is 17.3 Å². The van der Waals surface area contributed by atoms with Gasteiger partial charge in [-0.2, -0.15) is 0 Å². The molecule has 0 bridgehead atoms. The Kier molecular flexibility index (Phi) is 8.16. The number of unbranched alkanes of at least 4 members (excludes halogenated alkanes) is 3. The van der Waals surface area contributed by atoms with Crippen LogP contribution < -0.4 is 4.57 Å². The summed E-state index contributed by atoms with van der Waals surface area (Å²) < 4.78 is 43.1. The molecule has 0 atom stereocenters.